The van der Waals surface area contributed by atoms with Crippen LogP contribution in [0, 0.1) is 46.3 Å². The number of aliphatic hydroxyl groups is 9. The molecule has 0 radical (unpaired) electrons. The fourth-order valence-corrected chi connectivity index (χ4v) is 12.2. The second-order valence-electron chi connectivity index (χ2n) is 18.7. The molecule has 3 saturated heterocycles. The lowest BCUT2D eigenvalue weighted by Crippen LogP contribution is -2.62. The number of esters is 1. The average molecular weight is 785 g/mol. The molecule has 22 atom stereocenters. The standard InChI is InChI=1S/C40H64O15/c1-17-12-28(55-35(49)18(17)2)40(5,50)26-9-8-22-21-7-6-19-13-20(14-27(42)39(19,4)23(21)10-11-38(22,26)3)52-37-34(48)32(46)30(44)25(54-37)16-51-36-33(47)31(45)29(43)24(15-41)53-36/h6,17-18,20-34,36-37,41-48,50H,7-16H2,1-5H3/t17?,18?,20-,21+,22?,23?,24-,25-,26?,27+,28-,29-,30-,31+,32+,33-,34-,36-,37-,38+,39+,40+/m1/s1. The Morgan fingerprint density at radius 1 is 0.855 bits per heavy atom. The summed E-state index contributed by atoms with van der Waals surface area (Å²) in [4.78, 5) is 12.7. The molecular weight excluding hydrogens is 720 g/mol. The van der Waals surface area contributed by atoms with Gasteiger partial charge < -0.3 is 69.6 Å². The number of aliphatic hydroxyl groups excluding tert-OH is 8. The van der Waals surface area contributed by atoms with Gasteiger partial charge in [0.25, 0.3) is 0 Å². The summed E-state index contributed by atoms with van der Waals surface area (Å²) in [7, 11) is 0. The third-order valence-corrected chi connectivity index (χ3v) is 15.9. The fraction of sp³-hybridized carbons (Fsp3) is 0.925. The van der Waals surface area contributed by atoms with E-state index in [0.717, 1.165) is 37.7 Å². The molecule has 15 nitrogen and oxygen atoms in total. The van der Waals surface area contributed by atoms with Gasteiger partial charge in [0, 0.05) is 11.8 Å². The number of cyclic esters (lactones) is 1. The van der Waals surface area contributed by atoms with Crippen molar-refractivity contribution in [1.29, 1.82) is 0 Å². The van der Waals surface area contributed by atoms with Crippen molar-refractivity contribution >= 4 is 5.97 Å². The first-order chi connectivity index (χ1) is 25.8. The summed E-state index contributed by atoms with van der Waals surface area (Å²) in [6.45, 7) is 9.14. The van der Waals surface area contributed by atoms with E-state index < -0.39 is 104 Å². The van der Waals surface area contributed by atoms with Crippen LogP contribution in [0.2, 0.25) is 0 Å². The number of allylic oxidation sites excluding steroid dienone is 1. The molecule has 0 amide bonds. The molecule has 7 rings (SSSR count). The zero-order valence-corrected chi connectivity index (χ0v) is 32.6. The second kappa shape index (κ2) is 15.4. The van der Waals surface area contributed by atoms with Gasteiger partial charge in [-0.3, -0.25) is 4.79 Å². The van der Waals surface area contributed by atoms with Crippen molar-refractivity contribution in [2.45, 2.75) is 171 Å². The average Bonchev–Trinajstić information content (AvgIpc) is 3.51. The molecule has 7 aliphatic rings. The van der Waals surface area contributed by atoms with E-state index in [1.165, 1.54) is 0 Å². The number of hydrogen-bond acceptors (Lipinski definition) is 15. The Balaban J connectivity index is 1.01. The van der Waals surface area contributed by atoms with E-state index in [9.17, 15) is 50.8 Å². The molecule has 0 aromatic carbocycles. The first kappa shape index (κ1) is 41.8. The highest BCUT2D eigenvalue weighted by Gasteiger charge is 2.64. The van der Waals surface area contributed by atoms with E-state index >= 15 is 0 Å². The first-order valence-electron chi connectivity index (χ1n) is 20.4. The molecule has 0 aromatic rings. The zero-order valence-electron chi connectivity index (χ0n) is 32.6. The van der Waals surface area contributed by atoms with Crippen molar-refractivity contribution in [2.75, 3.05) is 13.2 Å². The first-order valence-corrected chi connectivity index (χ1v) is 20.4. The van der Waals surface area contributed by atoms with Gasteiger partial charge in [0.15, 0.2) is 12.6 Å². The van der Waals surface area contributed by atoms with E-state index in [1.807, 2.05) is 13.8 Å². The third-order valence-electron chi connectivity index (χ3n) is 15.9. The maximum atomic E-state index is 12.7. The largest absolute Gasteiger partial charge is 0.459 e. The van der Waals surface area contributed by atoms with E-state index in [0.29, 0.717) is 24.7 Å². The summed E-state index contributed by atoms with van der Waals surface area (Å²) in [5, 5.41) is 96.5. The molecule has 5 unspecified atom stereocenters. The van der Waals surface area contributed by atoms with Crippen LogP contribution in [0.3, 0.4) is 0 Å². The van der Waals surface area contributed by atoms with Gasteiger partial charge in [-0.1, -0.05) is 39.3 Å². The molecule has 0 spiro atoms. The van der Waals surface area contributed by atoms with E-state index in [1.54, 1.807) is 0 Å². The molecule has 6 fully saturated rings. The predicted molar refractivity (Wildman–Crippen MR) is 191 cm³/mol. The van der Waals surface area contributed by atoms with Crippen LogP contribution in [0.4, 0.5) is 0 Å². The van der Waals surface area contributed by atoms with Crippen LogP contribution in [0.15, 0.2) is 11.6 Å². The highest BCUT2D eigenvalue weighted by molar-refractivity contribution is 5.73. The Morgan fingerprint density at radius 2 is 1.51 bits per heavy atom. The van der Waals surface area contributed by atoms with Gasteiger partial charge >= 0.3 is 5.97 Å². The number of rotatable bonds is 8. The molecule has 4 aliphatic carbocycles. The lowest BCUT2D eigenvalue weighted by atomic mass is 9.46. The Hall–Kier alpha value is -1.31. The van der Waals surface area contributed by atoms with Crippen LogP contribution < -0.4 is 0 Å². The van der Waals surface area contributed by atoms with Crippen molar-refractivity contribution in [2.24, 2.45) is 46.3 Å². The van der Waals surface area contributed by atoms with Crippen LogP contribution >= 0.6 is 0 Å². The van der Waals surface area contributed by atoms with Gasteiger partial charge in [-0.05, 0) is 86.9 Å². The summed E-state index contributed by atoms with van der Waals surface area (Å²) < 4.78 is 29.0. The van der Waals surface area contributed by atoms with Gasteiger partial charge in [0.1, 0.15) is 60.5 Å². The van der Waals surface area contributed by atoms with Crippen molar-refractivity contribution in [3.05, 3.63) is 11.6 Å². The van der Waals surface area contributed by atoms with E-state index in [-0.39, 0.29) is 41.5 Å². The Morgan fingerprint density at radius 3 is 2.18 bits per heavy atom. The minimum Gasteiger partial charge on any atom is -0.459 e. The monoisotopic (exact) mass is 784 g/mol. The molecule has 9 N–H and O–H groups in total. The van der Waals surface area contributed by atoms with Crippen LogP contribution in [0.5, 0.6) is 0 Å². The number of hydrogen-bond donors (Lipinski definition) is 9. The highest BCUT2D eigenvalue weighted by Crippen LogP contribution is 2.68. The summed E-state index contributed by atoms with van der Waals surface area (Å²) in [5.74, 6) is 0.515. The molecule has 314 valence electrons. The second-order valence-corrected chi connectivity index (χ2v) is 18.7. The van der Waals surface area contributed by atoms with Crippen LogP contribution in [0.25, 0.3) is 0 Å². The maximum Gasteiger partial charge on any atom is 0.309 e. The number of fused-ring (bicyclic) bond motifs is 5. The highest BCUT2D eigenvalue weighted by atomic mass is 16.7. The minimum absolute atomic E-state index is 0.0289. The summed E-state index contributed by atoms with van der Waals surface area (Å²) in [5.41, 5.74) is -0.749. The fourth-order valence-electron chi connectivity index (χ4n) is 12.2. The Bertz CT molecular complexity index is 1420. The van der Waals surface area contributed by atoms with Gasteiger partial charge in [0.2, 0.25) is 0 Å². The van der Waals surface area contributed by atoms with Crippen molar-refractivity contribution in [1.82, 2.24) is 0 Å². The quantitative estimate of drug-likeness (QED) is 0.115. The van der Waals surface area contributed by atoms with E-state index in [4.69, 9.17) is 23.7 Å². The Kier molecular flexibility index (Phi) is 11.7. The van der Waals surface area contributed by atoms with Gasteiger partial charge in [-0.25, -0.2) is 0 Å². The number of carbonyl (C=O) groups is 1. The number of ether oxygens (including phenoxy) is 5. The maximum absolute atomic E-state index is 12.7. The molecule has 55 heavy (non-hydrogen) atoms. The molecule has 3 heterocycles. The van der Waals surface area contributed by atoms with Crippen LogP contribution in [-0.4, -0.2) is 150 Å². The van der Waals surface area contributed by atoms with Gasteiger partial charge in [0.05, 0.1) is 31.3 Å². The normalized spacial score (nSPS) is 54.0. The smallest absolute Gasteiger partial charge is 0.309 e. The SMILES string of the molecule is CC1C[C@H]([C@@](C)(O)C2CCC3[C@@H]4CC=C5C[C@@H](O[C@@H]6O[C@H](CO[C@@H]7O[C@H](CO)[C@@H](O)[C@H](O)[C@H]7O)[C@@H](O)[C@H](O)[C@H]6O)C[C@H](O)[C@]5(C)C4CC[C@@]32C)OC(=O)C1C. The molecule has 15 heteroatoms. The molecule has 0 bridgehead atoms. The number of carbonyl (C=O) groups excluding carboxylic acids is 1. The zero-order chi connectivity index (χ0) is 39.9. The van der Waals surface area contributed by atoms with Crippen LogP contribution in [0.1, 0.15) is 86.0 Å². The lowest BCUT2D eigenvalue weighted by Gasteiger charge is -2.60. The van der Waals surface area contributed by atoms with Crippen molar-refractivity contribution in [3.8, 4) is 0 Å². The minimum atomic E-state index is -1.68. The molecule has 3 saturated carbocycles. The van der Waals surface area contributed by atoms with Crippen molar-refractivity contribution < 1.29 is 74.4 Å². The molecule has 3 aliphatic heterocycles. The summed E-state index contributed by atoms with van der Waals surface area (Å²) in [6, 6.07) is 0. The van der Waals surface area contributed by atoms with E-state index in [2.05, 4.69) is 26.8 Å². The lowest BCUT2D eigenvalue weighted by molar-refractivity contribution is -0.337. The molecular formula is C40H64O15. The van der Waals surface area contributed by atoms with Gasteiger partial charge in [-0.2, -0.15) is 0 Å². The molecule has 0 aromatic heterocycles. The summed E-state index contributed by atoms with van der Waals surface area (Å²) >= 11 is 0. The third kappa shape index (κ3) is 6.94. The predicted octanol–water partition coefficient (Wildman–Crippen LogP) is -0.116. The van der Waals surface area contributed by atoms with Crippen LogP contribution in [-0.2, 0) is 28.5 Å². The summed E-state index contributed by atoms with van der Waals surface area (Å²) in [6.07, 6.45) is -9.11. The van der Waals surface area contributed by atoms with Crippen molar-refractivity contribution in [3.63, 3.8) is 0 Å². The topological polar surface area (TPSA) is 245 Å². The van der Waals surface area contributed by atoms with Gasteiger partial charge in [-0.15, -0.1) is 0 Å². The Labute approximate surface area is 322 Å².